The Balaban J connectivity index is 2.51. The van der Waals surface area contributed by atoms with Gasteiger partial charge in [-0.25, -0.2) is 0 Å². The van der Waals surface area contributed by atoms with Gasteiger partial charge >= 0.3 is 0 Å². The van der Waals surface area contributed by atoms with Crippen LogP contribution in [0.4, 0.5) is 0 Å². The molecule has 1 atom stereocenters. The van der Waals surface area contributed by atoms with E-state index in [1.54, 1.807) is 6.92 Å². The molecule has 0 radical (unpaired) electrons. The van der Waals surface area contributed by atoms with Crippen LogP contribution in [-0.2, 0) is 15.3 Å². The van der Waals surface area contributed by atoms with Gasteiger partial charge in [0.1, 0.15) is 0 Å². The van der Waals surface area contributed by atoms with E-state index in [0.717, 1.165) is 12.0 Å². The van der Waals surface area contributed by atoms with Crippen molar-refractivity contribution in [2.45, 2.75) is 24.5 Å². The molecule has 0 aliphatic rings. The summed E-state index contributed by atoms with van der Waals surface area (Å²) in [7, 11) is 0. The monoisotopic (exact) mass is 224 g/mol. The zero-order chi connectivity index (χ0) is 11.1. The van der Waals surface area contributed by atoms with Crippen molar-refractivity contribution in [1.29, 1.82) is 0 Å². The Hall–Kier alpha value is -0.800. The Morgan fingerprint density at radius 3 is 2.60 bits per heavy atom. The number of benzene rings is 1. The van der Waals surface area contributed by atoms with Crippen LogP contribution in [0.1, 0.15) is 19.4 Å². The molecule has 82 valence electrons. The highest BCUT2D eigenvalue weighted by Crippen LogP contribution is 2.27. The second-order valence-corrected chi connectivity index (χ2v) is 4.73. The van der Waals surface area contributed by atoms with Gasteiger partial charge in [0.05, 0.1) is 0 Å². The molecule has 0 aliphatic carbocycles. The predicted octanol–water partition coefficient (Wildman–Crippen LogP) is 2.87. The minimum atomic E-state index is -0.718. The molecule has 1 aromatic carbocycles. The lowest BCUT2D eigenvalue weighted by molar-refractivity contribution is -0.119. The van der Waals surface area contributed by atoms with Gasteiger partial charge in [-0.05, 0) is 19.4 Å². The van der Waals surface area contributed by atoms with Crippen molar-refractivity contribution in [3.8, 4) is 0 Å². The molecule has 0 aromatic heterocycles. The number of aldehydes is 1. The summed E-state index contributed by atoms with van der Waals surface area (Å²) in [5, 5.41) is 0. The van der Waals surface area contributed by atoms with Crippen molar-refractivity contribution in [2.75, 3.05) is 6.61 Å². The number of rotatable bonds is 6. The summed E-state index contributed by atoms with van der Waals surface area (Å²) in [6.45, 7) is 4.25. The zero-order valence-electron chi connectivity index (χ0n) is 9.10. The van der Waals surface area contributed by atoms with Crippen LogP contribution in [0.15, 0.2) is 30.3 Å². The van der Waals surface area contributed by atoms with Gasteiger partial charge < -0.3 is 4.74 Å². The highest BCUT2D eigenvalue weighted by molar-refractivity contribution is 8.00. The third-order valence-corrected chi connectivity index (χ3v) is 3.28. The molecular weight excluding hydrogens is 208 g/mol. The second kappa shape index (κ2) is 5.93. The molecule has 1 unspecified atom stereocenters. The first-order valence-electron chi connectivity index (χ1n) is 4.98. The Bertz CT molecular complexity index is 300. The number of carbonyl (C=O) groups excluding carboxylic acids is 1. The van der Waals surface area contributed by atoms with Crippen LogP contribution in [0.5, 0.6) is 0 Å². The van der Waals surface area contributed by atoms with E-state index < -0.39 is 4.93 Å². The third-order valence-electron chi connectivity index (χ3n) is 2.01. The maximum absolute atomic E-state index is 10.9. The molecule has 0 N–H and O–H groups in total. The molecule has 0 saturated carbocycles. The van der Waals surface area contributed by atoms with E-state index in [2.05, 4.69) is 0 Å². The Morgan fingerprint density at radius 2 is 2.07 bits per heavy atom. The number of hydrogen-bond acceptors (Lipinski definition) is 3. The van der Waals surface area contributed by atoms with Gasteiger partial charge in [0.15, 0.2) is 11.2 Å². The van der Waals surface area contributed by atoms with E-state index in [-0.39, 0.29) is 0 Å². The van der Waals surface area contributed by atoms with Gasteiger partial charge in [0, 0.05) is 12.4 Å². The van der Waals surface area contributed by atoms with Crippen molar-refractivity contribution < 1.29 is 9.53 Å². The predicted molar refractivity (Wildman–Crippen MR) is 63.8 cm³/mol. The van der Waals surface area contributed by atoms with Gasteiger partial charge in [0.2, 0.25) is 0 Å². The minimum Gasteiger partial charge on any atom is -0.358 e. The molecule has 0 spiro atoms. The molecule has 2 nitrogen and oxygen atoms in total. The molecule has 0 fully saturated rings. The Kier molecular flexibility index (Phi) is 4.85. The fraction of sp³-hybridized carbons (Fsp3) is 0.417. The van der Waals surface area contributed by atoms with Crippen LogP contribution < -0.4 is 0 Å². The van der Waals surface area contributed by atoms with Crippen molar-refractivity contribution in [3.63, 3.8) is 0 Å². The fourth-order valence-electron chi connectivity index (χ4n) is 1.20. The zero-order valence-corrected chi connectivity index (χ0v) is 9.92. The summed E-state index contributed by atoms with van der Waals surface area (Å²) in [6, 6.07) is 10.1. The van der Waals surface area contributed by atoms with Crippen LogP contribution in [0, 0.1) is 0 Å². The highest BCUT2D eigenvalue weighted by Gasteiger charge is 2.23. The van der Waals surface area contributed by atoms with E-state index in [4.69, 9.17) is 4.74 Å². The summed E-state index contributed by atoms with van der Waals surface area (Å²) >= 11 is 1.51. The first kappa shape index (κ1) is 12.3. The van der Waals surface area contributed by atoms with Crippen LogP contribution in [0.3, 0.4) is 0 Å². The lowest BCUT2D eigenvalue weighted by atomic mass is 10.2. The maximum atomic E-state index is 10.9. The highest BCUT2D eigenvalue weighted by atomic mass is 32.2. The van der Waals surface area contributed by atoms with E-state index in [9.17, 15) is 4.79 Å². The molecule has 0 amide bonds. The smallest absolute Gasteiger partial charge is 0.166 e. The van der Waals surface area contributed by atoms with E-state index in [1.165, 1.54) is 17.3 Å². The fourth-order valence-corrected chi connectivity index (χ4v) is 2.11. The molecule has 0 saturated heterocycles. The summed E-state index contributed by atoms with van der Waals surface area (Å²) in [5.74, 6) is 0.788. The van der Waals surface area contributed by atoms with Crippen molar-refractivity contribution in [3.05, 3.63) is 35.9 Å². The van der Waals surface area contributed by atoms with Crippen LogP contribution >= 0.6 is 11.8 Å². The largest absolute Gasteiger partial charge is 0.358 e. The van der Waals surface area contributed by atoms with Crippen molar-refractivity contribution in [2.24, 2.45) is 0 Å². The lowest BCUT2D eigenvalue weighted by Crippen LogP contribution is -2.26. The first-order valence-corrected chi connectivity index (χ1v) is 5.97. The molecule has 0 bridgehead atoms. The maximum Gasteiger partial charge on any atom is 0.166 e. The molecule has 1 rings (SSSR count). The molecule has 3 heteroatoms. The quantitative estimate of drug-likeness (QED) is 0.549. The number of carbonyl (C=O) groups is 1. The summed E-state index contributed by atoms with van der Waals surface area (Å²) in [6.07, 6.45) is 0.865. The van der Waals surface area contributed by atoms with Crippen LogP contribution in [0.25, 0.3) is 0 Å². The van der Waals surface area contributed by atoms with Gasteiger partial charge in [-0.15, -0.1) is 11.8 Å². The minimum absolute atomic E-state index is 0.553. The molecule has 0 heterocycles. The summed E-state index contributed by atoms with van der Waals surface area (Å²) < 4.78 is 5.40. The van der Waals surface area contributed by atoms with Gasteiger partial charge in [-0.2, -0.15) is 0 Å². The average molecular weight is 224 g/mol. The summed E-state index contributed by atoms with van der Waals surface area (Å²) in [4.78, 5) is 10.2. The normalized spacial score (nSPS) is 14.5. The van der Waals surface area contributed by atoms with Crippen molar-refractivity contribution in [1.82, 2.24) is 0 Å². The van der Waals surface area contributed by atoms with Crippen molar-refractivity contribution >= 4 is 18.0 Å². The third kappa shape index (κ3) is 4.06. The van der Waals surface area contributed by atoms with Gasteiger partial charge in [-0.3, -0.25) is 4.79 Å². The lowest BCUT2D eigenvalue weighted by Gasteiger charge is -2.22. The molecule has 0 aliphatic heterocycles. The first-order chi connectivity index (χ1) is 7.20. The molecular formula is C12H16O2S. The topological polar surface area (TPSA) is 26.3 Å². The molecule has 1 aromatic rings. The number of hydrogen-bond donors (Lipinski definition) is 0. The van der Waals surface area contributed by atoms with E-state index in [1.807, 2.05) is 37.3 Å². The van der Waals surface area contributed by atoms with Gasteiger partial charge in [-0.1, -0.05) is 30.3 Å². The number of thioether (sulfide) groups is 1. The second-order valence-electron chi connectivity index (χ2n) is 3.34. The van der Waals surface area contributed by atoms with Gasteiger partial charge in [0.25, 0.3) is 0 Å². The molecule has 15 heavy (non-hydrogen) atoms. The van der Waals surface area contributed by atoms with Crippen LogP contribution in [0.2, 0.25) is 0 Å². The average Bonchev–Trinajstić information content (AvgIpc) is 2.28. The SMILES string of the molecule is CCOC(C)(C=O)SCc1ccccc1. The van der Waals surface area contributed by atoms with Crippen LogP contribution in [-0.4, -0.2) is 17.8 Å². The standard InChI is InChI=1S/C12H16O2S/c1-3-14-12(2,10-13)15-9-11-7-5-4-6-8-11/h4-8,10H,3,9H2,1-2H3. The van der Waals surface area contributed by atoms with E-state index in [0.29, 0.717) is 6.61 Å². The summed E-state index contributed by atoms with van der Waals surface area (Å²) in [5.41, 5.74) is 1.20. The number of ether oxygens (including phenoxy) is 1. The van der Waals surface area contributed by atoms with E-state index >= 15 is 0 Å². The Labute approximate surface area is 95.0 Å². The Morgan fingerprint density at radius 1 is 1.40 bits per heavy atom.